The van der Waals surface area contributed by atoms with Gasteiger partial charge in [0.1, 0.15) is 70.0 Å². The molecule has 14 atom stereocenters. The number of nitrogens with zero attached hydrogens (tertiary/aromatic N) is 4. The Labute approximate surface area is 579 Å². The first-order chi connectivity index (χ1) is 45.4. The SMILES string of the molecule is CC(O)C1NC(=O)[C@@H](NC(=O)c2ccc(-c3nnc(-c4ccc(OCCCCCOc5ccccc5)cc4)s3)cc2)CC(O)CNC(=O)C2C(O)C(C)CN2C(=O)C(C(O)CC(N)=O)NC(=O)C(C(O)C(O)c2ccc(O)c(OSOO[O-])c2)NC(=O)C2CC(O)CN2C1=O.[Na+]. The zero-order chi connectivity index (χ0) is 68.6. The molecule has 3 fully saturated rings. The van der Waals surface area contributed by atoms with Crippen LogP contribution in [0.2, 0.25) is 0 Å². The van der Waals surface area contributed by atoms with E-state index in [0.29, 0.717) is 34.5 Å². The Morgan fingerprint density at radius 1 is 0.740 bits per heavy atom. The first kappa shape index (κ1) is 75.7. The summed E-state index contributed by atoms with van der Waals surface area (Å²) in [4.78, 5) is 115. The van der Waals surface area contributed by atoms with Gasteiger partial charge in [-0.25, -0.2) is 0 Å². The number of phenols is 1. The topological polar surface area (TPSA) is 486 Å². The van der Waals surface area contributed by atoms with Gasteiger partial charge in [0.05, 0.1) is 50.2 Å². The van der Waals surface area contributed by atoms with Gasteiger partial charge in [-0.2, -0.15) is 0 Å². The number of aliphatic hydroxyl groups is 7. The molecular formula is C61H73N10NaO22S2. The molecule has 8 amide bonds. The van der Waals surface area contributed by atoms with Gasteiger partial charge in [-0.1, -0.05) is 54.7 Å². The van der Waals surface area contributed by atoms with Crippen LogP contribution in [0.4, 0.5) is 0 Å². The number of β-amino-alcohol motifs (C(OH)–C–C–N with tert-alkyl or cyclic N) is 1. The van der Waals surface area contributed by atoms with Crippen molar-refractivity contribution in [2.45, 2.75) is 131 Å². The summed E-state index contributed by atoms with van der Waals surface area (Å²) in [6.07, 6.45) is -13.6. The molecule has 5 aromatic rings. The fraction of sp³-hybridized carbons (Fsp3) is 0.443. The number of carbonyl (C=O) groups is 8. The molecule has 512 valence electrons. The number of phenolic OH excluding ortho intramolecular Hbond substituents is 1. The van der Waals surface area contributed by atoms with Gasteiger partial charge in [0.25, 0.3) is 18.2 Å². The summed E-state index contributed by atoms with van der Waals surface area (Å²) in [7, 11) is 0. The van der Waals surface area contributed by atoms with Crippen LogP contribution in [0, 0.1) is 5.92 Å². The van der Waals surface area contributed by atoms with Crippen molar-refractivity contribution in [2.24, 2.45) is 11.7 Å². The van der Waals surface area contributed by atoms with Crippen LogP contribution < -0.4 is 80.8 Å². The number of carbonyl (C=O) groups excluding carboxylic acids is 8. The molecule has 0 saturated carbocycles. The van der Waals surface area contributed by atoms with Crippen molar-refractivity contribution in [1.29, 1.82) is 0 Å². The Hall–Kier alpha value is -7.65. The predicted molar refractivity (Wildman–Crippen MR) is 331 cm³/mol. The van der Waals surface area contributed by atoms with E-state index >= 15 is 0 Å². The maximum Gasteiger partial charge on any atom is 1.00 e. The van der Waals surface area contributed by atoms with Gasteiger partial charge in [-0.3, -0.25) is 43.4 Å². The van der Waals surface area contributed by atoms with Crippen molar-refractivity contribution in [1.82, 2.24) is 46.6 Å². The summed E-state index contributed by atoms with van der Waals surface area (Å²) in [5.74, 6) is -10.5. The molecule has 1 aromatic heterocycles. The number of para-hydroxylation sites is 1. The molecule has 15 N–H and O–H groups in total. The summed E-state index contributed by atoms with van der Waals surface area (Å²) < 4.78 is 20.7. The van der Waals surface area contributed by atoms with Gasteiger partial charge in [0, 0.05) is 55.1 Å². The van der Waals surface area contributed by atoms with E-state index in [1.54, 1.807) is 12.1 Å². The second kappa shape index (κ2) is 35.6. The average molecular weight is 1390 g/mol. The number of hydrogen-bond donors (Lipinski definition) is 14. The quantitative estimate of drug-likeness (QED) is 0.00955. The number of nitrogens with one attached hydrogen (secondary N) is 5. The van der Waals surface area contributed by atoms with Crippen LogP contribution >= 0.6 is 23.7 Å². The fourth-order valence-corrected chi connectivity index (χ4v) is 12.0. The summed E-state index contributed by atoms with van der Waals surface area (Å²) >= 11 is 1.18. The Balaban J connectivity index is 0.0000130. The van der Waals surface area contributed by atoms with Crippen LogP contribution in [0.25, 0.3) is 21.1 Å². The molecular weight excluding hydrogens is 1310 g/mol. The van der Waals surface area contributed by atoms with Crippen molar-refractivity contribution in [3.63, 3.8) is 0 Å². The van der Waals surface area contributed by atoms with E-state index in [2.05, 4.69) is 46.2 Å². The van der Waals surface area contributed by atoms with E-state index in [0.717, 1.165) is 65.5 Å². The summed E-state index contributed by atoms with van der Waals surface area (Å²) in [5, 5.41) is 125. The van der Waals surface area contributed by atoms with Crippen LogP contribution in [0.5, 0.6) is 23.0 Å². The smallest absolute Gasteiger partial charge is 0.691 e. The average Bonchev–Trinajstić information content (AvgIpc) is 1.58. The molecule has 0 radical (unpaired) electrons. The molecule has 13 unspecified atom stereocenters. The first-order valence-electron chi connectivity index (χ1n) is 30.1. The molecule has 4 heterocycles. The van der Waals surface area contributed by atoms with Gasteiger partial charge in [0.2, 0.25) is 41.4 Å². The number of ether oxygens (including phenoxy) is 2. The first-order valence-corrected chi connectivity index (χ1v) is 31.5. The molecule has 0 aliphatic carbocycles. The molecule has 32 nitrogen and oxygen atoms in total. The molecule has 3 aliphatic rings. The maximum atomic E-state index is 14.7. The number of benzene rings is 4. The Morgan fingerprint density at radius 2 is 1.34 bits per heavy atom. The number of primary amides is 1. The van der Waals surface area contributed by atoms with E-state index < -0.39 is 183 Å². The van der Waals surface area contributed by atoms with Crippen molar-refractivity contribution in [3.8, 4) is 44.1 Å². The minimum atomic E-state index is -2.54. The number of aromatic hydroxyl groups is 1. The summed E-state index contributed by atoms with van der Waals surface area (Å²) in [5.41, 5.74) is 6.33. The maximum absolute atomic E-state index is 14.7. The van der Waals surface area contributed by atoms with E-state index in [4.69, 9.17) is 19.4 Å². The van der Waals surface area contributed by atoms with Crippen molar-refractivity contribution >= 4 is 70.9 Å². The van der Waals surface area contributed by atoms with E-state index in [-0.39, 0.29) is 53.0 Å². The number of fused-ring (bicyclic) bond motifs is 2. The Morgan fingerprint density at radius 3 is 1.97 bits per heavy atom. The molecule has 3 aliphatic heterocycles. The van der Waals surface area contributed by atoms with Crippen LogP contribution in [-0.2, 0) is 42.9 Å². The van der Waals surface area contributed by atoms with Crippen LogP contribution in [0.1, 0.15) is 74.4 Å². The molecule has 3 saturated heterocycles. The minimum Gasteiger partial charge on any atom is -0.691 e. The zero-order valence-electron chi connectivity index (χ0n) is 52.1. The van der Waals surface area contributed by atoms with Gasteiger partial charge in [0.15, 0.2) is 11.5 Å². The van der Waals surface area contributed by atoms with Gasteiger partial charge in [-0.05, 0) is 92.4 Å². The molecule has 96 heavy (non-hydrogen) atoms. The molecule has 35 heteroatoms. The fourth-order valence-electron chi connectivity index (χ4n) is 10.9. The van der Waals surface area contributed by atoms with E-state index in [1.165, 1.54) is 30.4 Å². The van der Waals surface area contributed by atoms with Gasteiger partial charge >= 0.3 is 29.6 Å². The number of hydrogen-bond acceptors (Lipinski definition) is 26. The number of unbranched alkanes of at least 4 members (excludes halogenated alkanes) is 2. The standard InChI is InChI=1S/C61H74N10O22S2.Na/c1-30-28-71-49(50(30)78)57(85)63-27-36(73)24-40(64-53(81)32-11-13-33(14-12-32)58-68-69-59(94-58)34-15-18-39(19-16-34)90-22-8-4-7-21-89-38-9-5-3-6-10-38)54(82)65-46(31(2)72)60(86)70-29-37(74)25-41(70)55(83)67-48(56(84)66-47(61(71)87)43(76)26-45(62)77)52(80)51(79)35-17-20-42(75)44(23-35)91-95-93-92-88;/h3,5-6,9-20,23,30-31,36-37,40-41,43,46-52,72-76,78-80,88H,4,7-8,21-22,24-29H2,1-2H3,(H2,62,77)(H,63,85)(H,64,81)(H,65,82)(H,66,84)(H,67,83);/q;+1/p-1/t30?,31?,36?,37?,40-,41?,43?,46?,47?,48?,49?,50?,51?,52?;/m0./s1. The zero-order valence-corrected chi connectivity index (χ0v) is 55.7. The number of aliphatic hydroxyl groups excluding tert-OH is 7. The largest absolute Gasteiger partial charge is 1.00 e. The van der Waals surface area contributed by atoms with Crippen molar-refractivity contribution < 1.29 is 137 Å². The number of amides is 8. The number of rotatable bonds is 23. The van der Waals surface area contributed by atoms with Crippen LogP contribution in [-0.4, -0.2) is 214 Å². The van der Waals surface area contributed by atoms with E-state index in [1.807, 2.05) is 54.6 Å². The minimum absolute atomic E-state index is 0. The molecule has 0 bridgehead atoms. The molecule has 4 aromatic carbocycles. The Bertz CT molecular complexity index is 3480. The normalized spacial score (nSPS) is 24.2. The molecule has 8 rings (SSSR count). The van der Waals surface area contributed by atoms with E-state index in [9.17, 15) is 84.5 Å². The second-order valence-corrected chi connectivity index (χ2v) is 24.3. The van der Waals surface area contributed by atoms with Crippen LogP contribution in [0.15, 0.2) is 97.1 Å². The van der Waals surface area contributed by atoms with Crippen molar-refractivity contribution in [3.05, 3.63) is 108 Å². The third-order valence-corrected chi connectivity index (χ3v) is 17.3. The monoisotopic (exact) mass is 1380 g/mol. The summed E-state index contributed by atoms with van der Waals surface area (Å²) in [6, 6.07) is 13.5. The molecule has 0 spiro atoms. The third-order valence-electron chi connectivity index (χ3n) is 15.9. The number of nitrogens with two attached hydrogens (primary N) is 1. The third kappa shape index (κ3) is 19.8. The number of aromatic nitrogens is 2. The summed E-state index contributed by atoms with van der Waals surface area (Å²) in [6.45, 7) is 1.78. The van der Waals surface area contributed by atoms with Crippen LogP contribution in [0.3, 0.4) is 0 Å². The Kier molecular flexibility index (Phi) is 28.0. The van der Waals surface area contributed by atoms with Gasteiger partial charge in [-0.15, -0.1) is 14.5 Å². The second-order valence-electron chi connectivity index (χ2n) is 22.9. The predicted octanol–water partition coefficient (Wildman–Crippen LogP) is -5.31. The van der Waals surface area contributed by atoms with Crippen molar-refractivity contribution in [2.75, 3.05) is 32.8 Å². The van der Waals surface area contributed by atoms with Gasteiger partial charge < -0.3 is 102 Å².